The van der Waals surface area contributed by atoms with Crippen LogP contribution >= 0.6 is 11.6 Å². The predicted octanol–water partition coefficient (Wildman–Crippen LogP) is 2.91. The van der Waals surface area contributed by atoms with Crippen LogP contribution in [-0.4, -0.2) is 42.5 Å². The standard InChI is InChI=1S/C20H20ClFN4O4S/c1-25-11-10-23-19(25)18(14-6-4-5-7-16(14)22)24-20(27)13-8-9-15(21)17(12-13)31(28,29)26(2)30-3/h4-12,18H,1-3H3,(H,24,27)/t18-/m0/s1. The van der Waals surface area contributed by atoms with Crippen molar-refractivity contribution in [3.63, 3.8) is 0 Å². The summed E-state index contributed by atoms with van der Waals surface area (Å²) < 4.78 is 42.0. The number of carbonyl (C=O) groups excluding carboxylic acids is 1. The zero-order valence-corrected chi connectivity index (χ0v) is 18.5. The van der Waals surface area contributed by atoms with Crippen molar-refractivity contribution in [2.75, 3.05) is 14.2 Å². The van der Waals surface area contributed by atoms with Crippen molar-refractivity contribution in [1.82, 2.24) is 19.3 Å². The van der Waals surface area contributed by atoms with Crippen molar-refractivity contribution in [2.45, 2.75) is 10.9 Å². The molecule has 164 valence electrons. The first-order valence-electron chi connectivity index (χ1n) is 9.02. The van der Waals surface area contributed by atoms with Gasteiger partial charge in [-0.1, -0.05) is 34.3 Å². The van der Waals surface area contributed by atoms with Crippen molar-refractivity contribution >= 4 is 27.5 Å². The Kier molecular flexibility index (Phi) is 6.75. The average Bonchev–Trinajstić information content (AvgIpc) is 3.17. The van der Waals surface area contributed by atoms with Crippen LogP contribution in [0.4, 0.5) is 4.39 Å². The van der Waals surface area contributed by atoms with E-state index in [2.05, 4.69) is 10.3 Å². The van der Waals surface area contributed by atoms with Crippen LogP contribution in [-0.2, 0) is 21.9 Å². The van der Waals surface area contributed by atoms with Gasteiger partial charge in [-0.3, -0.25) is 9.63 Å². The number of rotatable bonds is 7. The summed E-state index contributed by atoms with van der Waals surface area (Å²) in [6.07, 6.45) is 3.20. The molecule has 0 bridgehead atoms. The van der Waals surface area contributed by atoms with Gasteiger partial charge in [-0.2, -0.15) is 0 Å². The van der Waals surface area contributed by atoms with Gasteiger partial charge >= 0.3 is 0 Å². The monoisotopic (exact) mass is 466 g/mol. The van der Waals surface area contributed by atoms with E-state index in [1.165, 1.54) is 38.6 Å². The molecule has 0 saturated carbocycles. The molecule has 1 aromatic heterocycles. The second-order valence-corrected chi connectivity index (χ2v) is 8.88. The van der Waals surface area contributed by atoms with Crippen molar-refractivity contribution in [1.29, 1.82) is 0 Å². The van der Waals surface area contributed by atoms with Crippen LogP contribution in [0.5, 0.6) is 0 Å². The van der Waals surface area contributed by atoms with Gasteiger partial charge in [0, 0.05) is 37.6 Å². The second-order valence-electron chi connectivity index (χ2n) is 6.57. The summed E-state index contributed by atoms with van der Waals surface area (Å²) in [5, 5.41) is 2.66. The lowest BCUT2D eigenvalue weighted by Crippen LogP contribution is -2.32. The summed E-state index contributed by atoms with van der Waals surface area (Å²) in [7, 11) is 0.0183. The molecule has 0 saturated heterocycles. The Morgan fingerprint density at radius 2 is 2.00 bits per heavy atom. The molecule has 0 aliphatic heterocycles. The Morgan fingerprint density at radius 3 is 2.61 bits per heavy atom. The minimum Gasteiger partial charge on any atom is -0.338 e. The number of hydrogen-bond donors (Lipinski definition) is 1. The van der Waals surface area contributed by atoms with Gasteiger partial charge in [0.2, 0.25) is 0 Å². The Hall–Kier alpha value is -2.79. The molecule has 2 aromatic carbocycles. The van der Waals surface area contributed by atoms with E-state index in [1.807, 2.05) is 0 Å². The molecule has 11 heteroatoms. The highest BCUT2D eigenvalue weighted by Crippen LogP contribution is 2.27. The van der Waals surface area contributed by atoms with Gasteiger partial charge < -0.3 is 9.88 Å². The molecule has 0 aliphatic rings. The smallest absolute Gasteiger partial charge is 0.266 e. The van der Waals surface area contributed by atoms with Gasteiger partial charge in [0.15, 0.2) is 0 Å². The molecule has 1 heterocycles. The van der Waals surface area contributed by atoms with Gasteiger partial charge in [-0.25, -0.2) is 17.8 Å². The SMILES string of the molecule is CON(C)S(=O)(=O)c1cc(C(=O)N[C@@H](c2ccccc2F)c2nccn2C)ccc1Cl. The van der Waals surface area contributed by atoms with Crippen molar-refractivity contribution in [3.8, 4) is 0 Å². The second kappa shape index (κ2) is 9.15. The summed E-state index contributed by atoms with van der Waals surface area (Å²) in [6.45, 7) is 0. The lowest BCUT2D eigenvalue weighted by molar-refractivity contribution is -0.0258. The largest absolute Gasteiger partial charge is 0.338 e. The maximum Gasteiger partial charge on any atom is 0.266 e. The van der Waals surface area contributed by atoms with E-state index in [9.17, 15) is 17.6 Å². The topological polar surface area (TPSA) is 93.5 Å². The van der Waals surface area contributed by atoms with Crippen LogP contribution in [0.25, 0.3) is 0 Å². The third kappa shape index (κ3) is 4.62. The Bertz CT molecular complexity index is 1220. The fraction of sp³-hybridized carbons (Fsp3) is 0.200. The van der Waals surface area contributed by atoms with Crippen LogP contribution in [0, 0.1) is 5.82 Å². The quantitative estimate of drug-likeness (QED) is 0.540. The van der Waals surface area contributed by atoms with E-state index in [1.54, 1.807) is 36.0 Å². The van der Waals surface area contributed by atoms with Gasteiger partial charge in [0.1, 0.15) is 22.6 Å². The first-order chi connectivity index (χ1) is 14.7. The van der Waals surface area contributed by atoms with Gasteiger partial charge in [0.25, 0.3) is 15.9 Å². The van der Waals surface area contributed by atoms with E-state index >= 15 is 0 Å². The number of carbonyl (C=O) groups is 1. The van der Waals surface area contributed by atoms with E-state index in [0.717, 1.165) is 6.07 Å². The molecule has 0 fully saturated rings. The molecule has 8 nitrogen and oxygen atoms in total. The molecular formula is C20H20ClFN4O4S. The van der Waals surface area contributed by atoms with Crippen LogP contribution in [0.3, 0.4) is 0 Å². The van der Waals surface area contributed by atoms with Crippen LogP contribution < -0.4 is 5.32 Å². The maximum atomic E-state index is 14.5. The molecule has 31 heavy (non-hydrogen) atoms. The fourth-order valence-corrected chi connectivity index (χ4v) is 4.41. The normalized spacial score (nSPS) is 12.7. The summed E-state index contributed by atoms with van der Waals surface area (Å²) >= 11 is 6.05. The minimum absolute atomic E-state index is 0.0167. The highest BCUT2D eigenvalue weighted by molar-refractivity contribution is 7.89. The van der Waals surface area contributed by atoms with Gasteiger partial charge in [-0.15, -0.1) is 0 Å². The number of amides is 1. The first-order valence-corrected chi connectivity index (χ1v) is 10.8. The molecule has 0 unspecified atom stereocenters. The summed E-state index contributed by atoms with van der Waals surface area (Å²) in [5.74, 6) is -0.749. The number of nitrogens with one attached hydrogen (secondary N) is 1. The number of hydrogen-bond acceptors (Lipinski definition) is 5. The molecule has 0 radical (unpaired) electrons. The number of hydroxylamine groups is 1. The summed E-state index contributed by atoms with van der Waals surface area (Å²) in [6, 6.07) is 8.91. The highest BCUT2D eigenvalue weighted by atomic mass is 35.5. The number of sulfonamides is 1. The molecular weight excluding hydrogens is 447 g/mol. The van der Waals surface area contributed by atoms with Crippen molar-refractivity contribution in [2.24, 2.45) is 7.05 Å². The lowest BCUT2D eigenvalue weighted by Gasteiger charge is -2.20. The number of aromatic nitrogens is 2. The number of nitrogens with zero attached hydrogens (tertiary/aromatic N) is 3. The number of benzene rings is 2. The number of aryl methyl sites for hydroxylation is 1. The fourth-order valence-electron chi connectivity index (χ4n) is 2.94. The van der Waals surface area contributed by atoms with Gasteiger partial charge in [0.05, 0.1) is 12.1 Å². The molecule has 1 atom stereocenters. The van der Waals surface area contributed by atoms with Crippen molar-refractivity contribution < 1.29 is 22.4 Å². The third-order valence-corrected chi connectivity index (χ3v) is 6.84. The zero-order valence-electron chi connectivity index (χ0n) is 16.9. The first kappa shape index (κ1) is 22.9. The molecule has 0 aliphatic carbocycles. The molecule has 3 aromatic rings. The number of imidazole rings is 1. The predicted molar refractivity (Wildman–Crippen MR) is 112 cm³/mol. The highest BCUT2D eigenvalue weighted by Gasteiger charge is 2.27. The average molecular weight is 467 g/mol. The van der Waals surface area contributed by atoms with E-state index in [0.29, 0.717) is 10.3 Å². The van der Waals surface area contributed by atoms with Crippen LogP contribution in [0.2, 0.25) is 5.02 Å². The van der Waals surface area contributed by atoms with Gasteiger partial charge in [-0.05, 0) is 24.3 Å². The Morgan fingerprint density at radius 1 is 1.29 bits per heavy atom. The van der Waals surface area contributed by atoms with E-state index in [4.69, 9.17) is 16.4 Å². The number of halogens is 2. The van der Waals surface area contributed by atoms with E-state index < -0.39 is 27.8 Å². The third-order valence-electron chi connectivity index (χ3n) is 4.68. The Labute approximate surface area is 184 Å². The lowest BCUT2D eigenvalue weighted by atomic mass is 10.0. The van der Waals surface area contributed by atoms with Crippen LogP contribution in [0.15, 0.2) is 59.8 Å². The minimum atomic E-state index is -4.09. The molecule has 1 amide bonds. The summed E-state index contributed by atoms with van der Waals surface area (Å²) in [5.41, 5.74) is 0.231. The van der Waals surface area contributed by atoms with Crippen molar-refractivity contribution in [3.05, 3.63) is 82.6 Å². The molecule has 1 N–H and O–H groups in total. The van der Waals surface area contributed by atoms with E-state index in [-0.39, 0.29) is 21.0 Å². The molecule has 0 spiro atoms. The zero-order chi connectivity index (χ0) is 22.8. The Balaban J connectivity index is 2.01. The molecule has 3 rings (SSSR count). The summed E-state index contributed by atoms with van der Waals surface area (Å²) in [4.78, 5) is 21.7. The maximum absolute atomic E-state index is 14.5. The van der Waals surface area contributed by atoms with Crippen LogP contribution in [0.1, 0.15) is 27.8 Å².